The molecule has 2 N–H and O–H groups in total. The van der Waals surface area contributed by atoms with Gasteiger partial charge in [-0.05, 0) is 37.3 Å². The lowest BCUT2D eigenvalue weighted by Gasteiger charge is -2.18. The topological polar surface area (TPSA) is 45.7 Å². The molecule has 0 amide bonds. The summed E-state index contributed by atoms with van der Waals surface area (Å²) < 4.78 is 32.5. The van der Waals surface area contributed by atoms with Gasteiger partial charge >= 0.3 is 0 Å². The number of rotatable bonds is 6. The van der Waals surface area contributed by atoms with Crippen LogP contribution in [0.1, 0.15) is 12.5 Å². The molecule has 25 heavy (non-hydrogen) atoms. The highest BCUT2D eigenvalue weighted by atomic mass is 127. The van der Waals surface area contributed by atoms with E-state index < -0.39 is 11.6 Å². The van der Waals surface area contributed by atoms with Gasteiger partial charge in [0.15, 0.2) is 5.96 Å². The number of nitrogens with one attached hydrogen (secondary N) is 2. The molecule has 0 aliphatic carbocycles. The van der Waals surface area contributed by atoms with Crippen molar-refractivity contribution in [3.8, 4) is 5.75 Å². The molecule has 0 aliphatic rings. The maximum absolute atomic E-state index is 13.6. The molecule has 1 unspecified atom stereocenters. The number of hydrogen-bond donors (Lipinski definition) is 2. The van der Waals surface area contributed by atoms with Crippen molar-refractivity contribution in [2.75, 3.05) is 13.6 Å². The first-order chi connectivity index (χ1) is 11.6. The molecule has 0 saturated carbocycles. The second-order valence-electron chi connectivity index (χ2n) is 5.28. The van der Waals surface area contributed by atoms with Crippen molar-refractivity contribution in [3.63, 3.8) is 0 Å². The Morgan fingerprint density at radius 1 is 1.12 bits per heavy atom. The van der Waals surface area contributed by atoms with Crippen LogP contribution >= 0.6 is 24.0 Å². The first kappa shape index (κ1) is 21.1. The van der Waals surface area contributed by atoms with E-state index >= 15 is 0 Å². The molecule has 0 aliphatic heterocycles. The van der Waals surface area contributed by atoms with E-state index in [-0.39, 0.29) is 42.2 Å². The van der Waals surface area contributed by atoms with Crippen LogP contribution in [0.3, 0.4) is 0 Å². The number of benzene rings is 2. The Labute approximate surface area is 163 Å². The minimum atomic E-state index is -0.471. The van der Waals surface area contributed by atoms with E-state index in [1.807, 2.05) is 37.3 Å². The summed E-state index contributed by atoms with van der Waals surface area (Å²) in [5.74, 6) is 0.347. The number of aliphatic imine (C=N–C) groups is 1. The van der Waals surface area contributed by atoms with Crippen molar-refractivity contribution < 1.29 is 13.5 Å². The minimum absolute atomic E-state index is 0. The van der Waals surface area contributed by atoms with Crippen molar-refractivity contribution in [2.45, 2.75) is 19.6 Å². The van der Waals surface area contributed by atoms with Crippen molar-refractivity contribution in [2.24, 2.45) is 4.99 Å². The standard InChI is InChI=1S/C18H21F2N3O.HI/c1-13(24-16-6-4-3-5-7-16)11-22-18(21-2)23-12-14-10-15(19)8-9-17(14)20;/h3-10,13H,11-12H2,1-2H3,(H2,21,22,23);1H. The maximum atomic E-state index is 13.6. The summed E-state index contributed by atoms with van der Waals surface area (Å²) in [5.41, 5.74) is 0.242. The molecule has 4 nitrogen and oxygen atoms in total. The van der Waals surface area contributed by atoms with Gasteiger partial charge in [-0.2, -0.15) is 0 Å². The maximum Gasteiger partial charge on any atom is 0.191 e. The van der Waals surface area contributed by atoms with Crippen LogP contribution in [-0.4, -0.2) is 25.7 Å². The predicted octanol–water partition coefficient (Wildman–Crippen LogP) is 3.72. The van der Waals surface area contributed by atoms with Crippen molar-refractivity contribution in [1.29, 1.82) is 0 Å². The summed E-state index contributed by atoms with van der Waals surface area (Å²) in [5, 5.41) is 6.04. The van der Waals surface area contributed by atoms with E-state index in [2.05, 4.69) is 15.6 Å². The van der Waals surface area contributed by atoms with Crippen LogP contribution in [0.5, 0.6) is 5.75 Å². The van der Waals surface area contributed by atoms with E-state index in [4.69, 9.17) is 4.74 Å². The van der Waals surface area contributed by atoms with Gasteiger partial charge < -0.3 is 15.4 Å². The summed E-state index contributed by atoms with van der Waals surface area (Å²) in [7, 11) is 1.61. The van der Waals surface area contributed by atoms with E-state index in [1.54, 1.807) is 7.05 Å². The van der Waals surface area contributed by atoms with Crippen molar-refractivity contribution in [3.05, 3.63) is 65.7 Å². The first-order valence-corrected chi connectivity index (χ1v) is 7.68. The van der Waals surface area contributed by atoms with E-state index in [9.17, 15) is 8.78 Å². The van der Waals surface area contributed by atoms with Crippen molar-refractivity contribution >= 4 is 29.9 Å². The van der Waals surface area contributed by atoms with Gasteiger partial charge in [0.25, 0.3) is 0 Å². The lowest BCUT2D eigenvalue weighted by Crippen LogP contribution is -2.41. The Kier molecular flexibility index (Phi) is 9.18. The zero-order chi connectivity index (χ0) is 17.4. The normalized spacial score (nSPS) is 12.1. The molecule has 0 heterocycles. The van der Waals surface area contributed by atoms with Gasteiger partial charge in [0.2, 0.25) is 0 Å². The highest BCUT2D eigenvalue weighted by Gasteiger charge is 2.07. The van der Waals surface area contributed by atoms with Crippen LogP contribution in [0.15, 0.2) is 53.5 Å². The van der Waals surface area contributed by atoms with Gasteiger partial charge in [-0.1, -0.05) is 18.2 Å². The first-order valence-electron chi connectivity index (χ1n) is 7.68. The molecular weight excluding hydrogens is 439 g/mol. The Balaban J connectivity index is 0.00000312. The molecule has 136 valence electrons. The largest absolute Gasteiger partial charge is 0.489 e. The molecule has 2 rings (SSSR count). The van der Waals surface area contributed by atoms with E-state index in [0.29, 0.717) is 12.5 Å². The second kappa shape index (κ2) is 10.9. The highest BCUT2D eigenvalue weighted by Crippen LogP contribution is 2.10. The summed E-state index contributed by atoms with van der Waals surface area (Å²) in [6.45, 7) is 2.58. The third-order valence-corrected chi connectivity index (χ3v) is 3.32. The summed E-state index contributed by atoms with van der Waals surface area (Å²) >= 11 is 0. The lowest BCUT2D eigenvalue weighted by molar-refractivity contribution is 0.224. The monoisotopic (exact) mass is 461 g/mol. The number of ether oxygens (including phenoxy) is 1. The lowest BCUT2D eigenvalue weighted by atomic mass is 10.2. The van der Waals surface area contributed by atoms with Crippen LogP contribution in [0.4, 0.5) is 8.78 Å². The third-order valence-electron chi connectivity index (χ3n) is 3.32. The van der Waals surface area contributed by atoms with Gasteiger partial charge in [0, 0.05) is 19.2 Å². The summed E-state index contributed by atoms with van der Waals surface area (Å²) in [6, 6.07) is 12.9. The minimum Gasteiger partial charge on any atom is -0.489 e. The average molecular weight is 461 g/mol. The molecule has 0 aromatic heterocycles. The Bertz CT molecular complexity index is 683. The molecule has 0 bridgehead atoms. The van der Waals surface area contributed by atoms with Gasteiger partial charge in [0.05, 0.1) is 6.54 Å². The van der Waals surface area contributed by atoms with E-state index in [1.165, 1.54) is 0 Å². The number of guanidine groups is 1. The summed E-state index contributed by atoms with van der Waals surface area (Å²) in [6.07, 6.45) is -0.0862. The van der Waals surface area contributed by atoms with Gasteiger partial charge in [-0.3, -0.25) is 4.99 Å². The number of para-hydroxylation sites is 1. The van der Waals surface area contributed by atoms with Crippen LogP contribution in [0, 0.1) is 11.6 Å². The van der Waals surface area contributed by atoms with Crippen LogP contribution in [-0.2, 0) is 6.54 Å². The molecule has 2 aromatic carbocycles. The number of hydrogen-bond acceptors (Lipinski definition) is 2. The second-order valence-corrected chi connectivity index (χ2v) is 5.28. The van der Waals surface area contributed by atoms with Crippen LogP contribution < -0.4 is 15.4 Å². The molecule has 0 fully saturated rings. The molecule has 0 spiro atoms. The molecular formula is C18H22F2IN3O. The van der Waals surface area contributed by atoms with E-state index in [0.717, 1.165) is 23.9 Å². The van der Waals surface area contributed by atoms with Crippen LogP contribution in [0.2, 0.25) is 0 Å². The molecule has 0 saturated heterocycles. The van der Waals surface area contributed by atoms with Gasteiger partial charge in [0.1, 0.15) is 23.5 Å². The fourth-order valence-electron chi connectivity index (χ4n) is 2.09. The van der Waals surface area contributed by atoms with Gasteiger partial charge in [-0.25, -0.2) is 8.78 Å². The highest BCUT2D eigenvalue weighted by molar-refractivity contribution is 14.0. The Hall–Kier alpha value is -1.90. The Morgan fingerprint density at radius 3 is 2.52 bits per heavy atom. The van der Waals surface area contributed by atoms with Crippen LogP contribution in [0.25, 0.3) is 0 Å². The average Bonchev–Trinajstić information content (AvgIpc) is 2.58. The SMILES string of the molecule is CN=C(NCc1cc(F)ccc1F)NCC(C)Oc1ccccc1.I. The molecule has 1 atom stereocenters. The fraction of sp³-hybridized carbons (Fsp3) is 0.278. The number of nitrogens with zero attached hydrogens (tertiary/aromatic N) is 1. The quantitative estimate of drug-likeness (QED) is 0.392. The molecule has 0 radical (unpaired) electrons. The van der Waals surface area contributed by atoms with Gasteiger partial charge in [-0.15, -0.1) is 24.0 Å². The zero-order valence-electron chi connectivity index (χ0n) is 14.1. The zero-order valence-corrected chi connectivity index (χ0v) is 16.5. The molecule has 2 aromatic rings. The van der Waals surface area contributed by atoms with Crippen molar-refractivity contribution in [1.82, 2.24) is 10.6 Å². The fourth-order valence-corrected chi connectivity index (χ4v) is 2.09. The summed E-state index contributed by atoms with van der Waals surface area (Å²) in [4.78, 5) is 4.06. The Morgan fingerprint density at radius 2 is 1.84 bits per heavy atom. The predicted molar refractivity (Wildman–Crippen MR) is 107 cm³/mol. The third kappa shape index (κ3) is 7.25. The molecule has 7 heteroatoms. The smallest absolute Gasteiger partial charge is 0.191 e. The number of halogens is 3.